The molecule has 1 aromatic heterocycles. The summed E-state index contributed by atoms with van der Waals surface area (Å²) in [6, 6.07) is 0.422. The molecule has 0 aliphatic carbocycles. The number of hydrogen-bond acceptors (Lipinski definition) is 3. The van der Waals surface area contributed by atoms with Gasteiger partial charge in [-0.05, 0) is 26.8 Å². The topological polar surface area (TPSA) is 56.7 Å². The maximum Gasteiger partial charge on any atom is 0.135 e. The summed E-state index contributed by atoms with van der Waals surface area (Å²) in [5.74, 6) is 1.44. The van der Waals surface area contributed by atoms with E-state index in [0.717, 1.165) is 12.2 Å². The van der Waals surface area contributed by atoms with Crippen molar-refractivity contribution in [2.75, 3.05) is 6.54 Å². The van der Waals surface area contributed by atoms with Crippen LogP contribution in [0.1, 0.15) is 45.0 Å². The molecule has 0 saturated carbocycles. The van der Waals surface area contributed by atoms with Gasteiger partial charge in [-0.2, -0.15) is 0 Å². The zero-order valence-electron chi connectivity index (χ0n) is 8.57. The van der Waals surface area contributed by atoms with Crippen molar-refractivity contribution in [2.45, 2.75) is 39.2 Å². The van der Waals surface area contributed by atoms with Crippen molar-refractivity contribution in [2.24, 2.45) is 5.73 Å². The summed E-state index contributed by atoms with van der Waals surface area (Å²) >= 11 is 0. The molecule has 2 N–H and O–H groups in total. The van der Waals surface area contributed by atoms with Crippen molar-refractivity contribution in [3.05, 3.63) is 12.2 Å². The molecule has 1 heterocycles. The van der Waals surface area contributed by atoms with E-state index >= 15 is 0 Å². The molecule has 1 unspecified atom stereocenters. The van der Waals surface area contributed by atoms with Crippen molar-refractivity contribution >= 4 is 0 Å². The van der Waals surface area contributed by atoms with Crippen molar-refractivity contribution < 1.29 is 0 Å². The lowest BCUT2D eigenvalue weighted by molar-refractivity contribution is 0.526. The second-order valence-electron chi connectivity index (χ2n) is 3.67. The van der Waals surface area contributed by atoms with E-state index in [2.05, 4.69) is 35.5 Å². The first-order valence-corrected chi connectivity index (χ1v) is 4.76. The van der Waals surface area contributed by atoms with E-state index in [-0.39, 0.29) is 0 Å². The Balaban J connectivity index is 2.80. The van der Waals surface area contributed by atoms with Crippen LogP contribution in [0.3, 0.4) is 0 Å². The predicted molar refractivity (Wildman–Crippen MR) is 52.5 cm³/mol. The maximum atomic E-state index is 5.50. The zero-order valence-corrected chi connectivity index (χ0v) is 8.57. The second kappa shape index (κ2) is 4.37. The first-order valence-electron chi connectivity index (χ1n) is 4.76. The van der Waals surface area contributed by atoms with Gasteiger partial charge in [-0.15, -0.1) is 10.2 Å². The predicted octanol–water partition coefficient (Wildman–Crippen LogP) is 1.31. The lowest BCUT2D eigenvalue weighted by Crippen LogP contribution is -2.12. The van der Waals surface area contributed by atoms with Crippen LogP contribution in [-0.4, -0.2) is 21.3 Å². The lowest BCUT2D eigenvalue weighted by atomic mass is 10.1. The van der Waals surface area contributed by atoms with Crippen molar-refractivity contribution in [3.63, 3.8) is 0 Å². The summed E-state index contributed by atoms with van der Waals surface area (Å²) in [4.78, 5) is 0. The van der Waals surface area contributed by atoms with Crippen LogP contribution in [0.2, 0.25) is 0 Å². The van der Waals surface area contributed by atoms with Gasteiger partial charge in [0.05, 0.1) is 0 Å². The molecular formula is C9H18N4. The van der Waals surface area contributed by atoms with Crippen LogP contribution >= 0.6 is 0 Å². The van der Waals surface area contributed by atoms with E-state index in [1.165, 1.54) is 0 Å². The van der Waals surface area contributed by atoms with Crippen molar-refractivity contribution in [1.82, 2.24) is 14.8 Å². The molecule has 1 aromatic rings. The van der Waals surface area contributed by atoms with Gasteiger partial charge in [-0.1, -0.05) is 6.92 Å². The smallest absolute Gasteiger partial charge is 0.135 e. The summed E-state index contributed by atoms with van der Waals surface area (Å²) in [5, 5.41) is 8.03. The third-order valence-electron chi connectivity index (χ3n) is 2.20. The molecule has 0 aliphatic rings. The lowest BCUT2D eigenvalue weighted by Gasteiger charge is -2.14. The fraction of sp³-hybridized carbons (Fsp3) is 0.778. The molecule has 4 heteroatoms. The molecule has 0 bridgehead atoms. The molecule has 0 aliphatic heterocycles. The molecule has 13 heavy (non-hydrogen) atoms. The van der Waals surface area contributed by atoms with Crippen LogP contribution in [0, 0.1) is 0 Å². The van der Waals surface area contributed by atoms with Crippen molar-refractivity contribution in [3.8, 4) is 0 Å². The summed E-state index contributed by atoms with van der Waals surface area (Å²) in [6.07, 6.45) is 2.75. The van der Waals surface area contributed by atoms with Crippen LogP contribution in [0.15, 0.2) is 6.33 Å². The van der Waals surface area contributed by atoms with E-state index in [9.17, 15) is 0 Å². The summed E-state index contributed by atoms with van der Waals surface area (Å²) in [6.45, 7) is 7.09. The molecular weight excluding hydrogens is 164 g/mol. The minimum Gasteiger partial charge on any atom is -0.330 e. The SMILES string of the molecule is CC(CCN)c1nncn1C(C)C. The highest BCUT2D eigenvalue weighted by molar-refractivity contribution is 4.95. The Bertz CT molecular complexity index is 254. The van der Waals surface area contributed by atoms with Gasteiger partial charge in [-0.25, -0.2) is 0 Å². The normalized spacial score (nSPS) is 13.6. The highest BCUT2D eigenvalue weighted by Gasteiger charge is 2.13. The molecule has 0 amide bonds. The Labute approximate surface area is 79.2 Å². The average Bonchev–Trinajstić information content (AvgIpc) is 2.52. The molecule has 0 spiro atoms. The van der Waals surface area contributed by atoms with Crippen molar-refractivity contribution in [1.29, 1.82) is 0 Å². The standard InChI is InChI=1S/C9H18N4/c1-7(2)13-6-11-12-9(13)8(3)4-5-10/h6-8H,4-5,10H2,1-3H3. The Morgan fingerprint density at radius 1 is 1.46 bits per heavy atom. The van der Waals surface area contributed by atoms with E-state index in [0.29, 0.717) is 18.5 Å². The largest absolute Gasteiger partial charge is 0.330 e. The van der Waals surface area contributed by atoms with Gasteiger partial charge < -0.3 is 10.3 Å². The molecule has 0 aromatic carbocycles. The molecule has 74 valence electrons. The summed E-state index contributed by atoms with van der Waals surface area (Å²) < 4.78 is 2.10. The Morgan fingerprint density at radius 3 is 2.69 bits per heavy atom. The minimum atomic E-state index is 0.398. The monoisotopic (exact) mass is 182 g/mol. The molecule has 1 rings (SSSR count). The van der Waals surface area contributed by atoms with Gasteiger partial charge in [0.2, 0.25) is 0 Å². The quantitative estimate of drug-likeness (QED) is 0.763. The number of hydrogen-bond donors (Lipinski definition) is 1. The van der Waals surface area contributed by atoms with Crippen LogP contribution < -0.4 is 5.73 Å². The van der Waals surface area contributed by atoms with Gasteiger partial charge >= 0.3 is 0 Å². The molecule has 0 saturated heterocycles. The van der Waals surface area contributed by atoms with Gasteiger partial charge in [0, 0.05) is 12.0 Å². The third kappa shape index (κ3) is 2.28. The fourth-order valence-corrected chi connectivity index (χ4v) is 1.38. The van der Waals surface area contributed by atoms with Crippen LogP contribution in [0.5, 0.6) is 0 Å². The van der Waals surface area contributed by atoms with Gasteiger partial charge in [0.25, 0.3) is 0 Å². The average molecular weight is 182 g/mol. The fourth-order valence-electron chi connectivity index (χ4n) is 1.38. The Morgan fingerprint density at radius 2 is 2.15 bits per heavy atom. The van der Waals surface area contributed by atoms with E-state index in [4.69, 9.17) is 5.73 Å². The molecule has 1 atom stereocenters. The molecule has 0 radical (unpaired) electrons. The second-order valence-corrected chi connectivity index (χ2v) is 3.67. The van der Waals surface area contributed by atoms with E-state index in [1.54, 1.807) is 6.33 Å². The first kappa shape index (κ1) is 10.2. The van der Waals surface area contributed by atoms with Gasteiger partial charge in [0.15, 0.2) is 0 Å². The number of rotatable bonds is 4. The Hall–Kier alpha value is -0.900. The van der Waals surface area contributed by atoms with Crippen LogP contribution in [-0.2, 0) is 0 Å². The summed E-state index contributed by atoms with van der Waals surface area (Å²) in [5.41, 5.74) is 5.50. The summed E-state index contributed by atoms with van der Waals surface area (Å²) in [7, 11) is 0. The Kier molecular flexibility index (Phi) is 3.42. The number of nitrogens with two attached hydrogens (primary N) is 1. The maximum absolute atomic E-state index is 5.50. The zero-order chi connectivity index (χ0) is 9.84. The number of nitrogens with zero attached hydrogens (tertiary/aromatic N) is 3. The van der Waals surface area contributed by atoms with Gasteiger partial charge in [0.1, 0.15) is 12.2 Å². The third-order valence-corrected chi connectivity index (χ3v) is 2.20. The van der Waals surface area contributed by atoms with Crippen LogP contribution in [0.25, 0.3) is 0 Å². The highest BCUT2D eigenvalue weighted by atomic mass is 15.3. The van der Waals surface area contributed by atoms with E-state index in [1.807, 2.05) is 0 Å². The number of aromatic nitrogens is 3. The van der Waals surface area contributed by atoms with Crippen LogP contribution in [0.4, 0.5) is 0 Å². The van der Waals surface area contributed by atoms with Gasteiger partial charge in [-0.3, -0.25) is 0 Å². The molecule has 4 nitrogen and oxygen atoms in total. The minimum absolute atomic E-state index is 0.398. The first-order chi connectivity index (χ1) is 6.16. The van der Waals surface area contributed by atoms with E-state index < -0.39 is 0 Å². The highest BCUT2D eigenvalue weighted by Crippen LogP contribution is 2.18. The molecule has 0 fully saturated rings.